The summed E-state index contributed by atoms with van der Waals surface area (Å²) in [6.07, 6.45) is 0.563. The Balaban J connectivity index is 0.000000339. The molecule has 2 amide bonds. The lowest BCUT2D eigenvalue weighted by Crippen LogP contribution is -2.52. The van der Waals surface area contributed by atoms with Crippen LogP contribution < -0.4 is 0 Å². The summed E-state index contributed by atoms with van der Waals surface area (Å²) in [6.45, 7) is 1.33. The first kappa shape index (κ1) is 22.7. The van der Waals surface area contributed by atoms with E-state index in [4.69, 9.17) is 9.90 Å². The molecule has 0 spiro atoms. The van der Waals surface area contributed by atoms with Gasteiger partial charge >= 0.3 is 12.1 Å². The number of fused-ring (bicyclic) bond motifs is 1. The van der Waals surface area contributed by atoms with E-state index in [1.54, 1.807) is 23.7 Å². The van der Waals surface area contributed by atoms with Crippen molar-refractivity contribution in [2.45, 2.75) is 44.1 Å². The molecule has 2 aliphatic rings. The van der Waals surface area contributed by atoms with Crippen molar-refractivity contribution in [2.24, 2.45) is 0 Å². The summed E-state index contributed by atoms with van der Waals surface area (Å²) in [5, 5.41) is 11.0. The highest BCUT2D eigenvalue weighted by molar-refractivity contribution is 7.08. The molecule has 2 fully saturated rings. The molecule has 4 rings (SSSR count). The minimum atomic E-state index is -5.08. The summed E-state index contributed by atoms with van der Waals surface area (Å²) in [5.41, 5.74) is 1.85. The smallest absolute Gasteiger partial charge is 0.475 e. The number of carbonyl (C=O) groups is 3. The summed E-state index contributed by atoms with van der Waals surface area (Å²) in [6, 6.07) is 6.03. The van der Waals surface area contributed by atoms with Crippen LogP contribution in [0.5, 0.6) is 0 Å². The van der Waals surface area contributed by atoms with Crippen LogP contribution in [0, 0.1) is 0 Å². The van der Waals surface area contributed by atoms with Crippen LogP contribution in [-0.4, -0.2) is 62.5 Å². The Labute approximate surface area is 180 Å². The van der Waals surface area contributed by atoms with Gasteiger partial charge in [0.1, 0.15) is 0 Å². The molecule has 0 bridgehead atoms. The molecule has 0 aromatic carbocycles. The predicted octanol–water partition coefficient (Wildman–Crippen LogP) is 3.18. The van der Waals surface area contributed by atoms with E-state index in [2.05, 4.69) is 4.98 Å². The van der Waals surface area contributed by atoms with Crippen molar-refractivity contribution in [1.29, 1.82) is 0 Å². The molecule has 2 saturated heterocycles. The first-order chi connectivity index (χ1) is 14.7. The maximum absolute atomic E-state index is 12.7. The van der Waals surface area contributed by atoms with Crippen LogP contribution in [0.1, 0.15) is 35.2 Å². The van der Waals surface area contributed by atoms with Gasteiger partial charge in [-0.1, -0.05) is 0 Å². The number of thiophene rings is 1. The van der Waals surface area contributed by atoms with Crippen molar-refractivity contribution >= 4 is 29.1 Å². The van der Waals surface area contributed by atoms with Crippen molar-refractivity contribution in [3.63, 3.8) is 0 Å². The molecule has 1 N–H and O–H groups in total. The van der Waals surface area contributed by atoms with Gasteiger partial charge in [-0.15, -0.1) is 0 Å². The number of hydrogen-bond donors (Lipinski definition) is 1. The van der Waals surface area contributed by atoms with Gasteiger partial charge < -0.3 is 14.9 Å². The summed E-state index contributed by atoms with van der Waals surface area (Å²) in [5.74, 6) is -2.47. The number of amides is 2. The number of carbonyl (C=O) groups excluding carboxylic acids is 2. The number of alkyl halides is 3. The molecule has 7 nitrogen and oxygen atoms in total. The molecule has 166 valence electrons. The molecule has 0 aliphatic carbocycles. The van der Waals surface area contributed by atoms with Crippen molar-refractivity contribution in [3.05, 3.63) is 52.5 Å². The average molecular weight is 455 g/mol. The van der Waals surface area contributed by atoms with Gasteiger partial charge in [0.2, 0.25) is 5.91 Å². The zero-order valence-corrected chi connectivity index (χ0v) is 17.1. The lowest BCUT2D eigenvalue weighted by Gasteiger charge is -2.39. The number of carboxylic acid groups (broad SMARTS) is 1. The van der Waals surface area contributed by atoms with Gasteiger partial charge in [-0.3, -0.25) is 14.6 Å². The van der Waals surface area contributed by atoms with Crippen LogP contribution in [0.2, 0.25) is 0 Å². The number of piperidine rings is 1. The summed E-state index contributed by atoms with van der Waals surface area (Å²) >= 11 is 1.54. The third kappa shape index (κ3) is 5.40. The van der Waals surface area contributed by atoms with E-state index in [0.717, 1.165) is 30.5 Å². The zero-order valence-electron chi connectivity index (χ0n) is 16.3. The van der Waals surface area contributed by atoms with E-state index >= 15 is 0 Å². The normalized spacial score (nSPS) is 20.7. The van der Waals surface area contributed by atoms with Crippen molar-refractivity contribution in [3.8, 4) is 0 Å². The molecule has 4 heterocycles. The average Bonchev–Trinajstić information content (AvgIpc) is 3.40. The fourth-order valence-corrected chi connectivity index (χ4v) is 4.47. The first-order valence-electron chi connectivity index (χ1n) is 9.50. The number of aromatic nitrogens is 1. The lowest BCUT2D eigenvalue weighted by atomic mass is 9.95. The third-order valence-corrected chi connectivity index (χ3v) is 5.94. The molecule has 0 unspecified atom stereocenters. The van der Waals surface area contributed by atoms with Gasteiger partial charge in [-0.25, -0.2) is 4.79 Å². The van der Waals surface area contributed by atoms with Gasteiger partial charge in [0.05, 0.1) is 17.6 Å². The minimum Gasteiger partial charge on any atom is -0.475 e. The maximum Gasteiger partial charge on any atom is 0.490 e. The van der Waals surface area contributed by atoms with Crippen LogP contribution in [0.15, 0.2) is 41.4 Å². The standard InChI is InChI=1S/C18H19N3O2S.C2HF3O2/c22-17-2-1-15-16(21(17)11-13-3-7-19-8-4-13)5-9-20(15)18(23)14-6-10-24-12-14;3-2(4,5)1(6)7/h3-4,6-8,10,12,15-16H,1-2,5,9,11H2;(H,6,7)/t15-,16-;/m1./s1. The Bertz CT molecular complexity index is 922. The summed E-state index contributed by atoms with van der Waals surface area (Å²) < 4.78 is 31.7. The van der Waals surface area contributed by atoms with Crippen molar-refractivity contribution in [2.75, 3.05) is 6.54 Å². The van der Waals surface area contributed by atoms with Crippen molar-refractivity contribution in [1.82, 2.24) is 14.8 Å². The first-order valence-corrected chi connectivity index (χ1v) is 10.4. The highest BCUT2D eigenvalue weighted by atomic mass is 32.1. The number of nitrogens with zero attached hydrogens (tertiary/aromatic N) is 3. The number of halogens is 3. The monoisotopic (exact) mass is 455 g/mol. The molecule has 0 radical (unpaired) electrons. The molecule has 2 atom stereocenters. The van der Waals surface area contributed by atoms with Gasteiger partial charge in [0.25, 0.3) is 5.91 Å². The molecular weight excluding hydrogens is 435 g/mol. The Morgan fingerprint density at radius 3 is 2.42 bits per heavy atom. The number of hydrogen-bond acceptors (Lipinski definition) is 5. The Morgan fingerprint density at radius 1 is 1.16 bits per heavy atom. The molecule has 2 aromatic rings. The van der Waals surface area contributed by atoms with Gasteiger partial charge in [-0.05, 0) is 42.0 Å². The molecule has 2 aliphatic heterocycles. The second kappa shape index (κ2) is 9.46. The van der Waals surface area contributed by atoms with Crippen LogP contribution in [0.3, 0.4) is 0 Å². The number of aliphatic carboxylic acids is 1. The number of carboxylic acids is 1. The van der Waals surface area contributed by atoms with E-state index in [1.165, 1.54) is 0 Å². The number of likely N-dealkylation sites (tertiary alicyclic amines) is 2. The summed E-state index contributed by atoms with van der Waals surface area (Å²) in [7, 11) is 0. The Hall–Kier alpha value is -2.95. The molecule has 0 saturated carbocycles. The lowest BCUT2D eigenvalue weighted by molar-refractivity contribution is -0.192. The van der Waals surface area contributed by atoms with E-state index < -0.39 is 12.1 Å². The fraction of sp³-hybridized carbons (Fsp3) is 0.400. The quantitative estimate of drug-likeness (QED) is 0.768. The molecular formula is C20H20F3N3O4S. The highest BCUT2D eigenvalue weighted by Crippen LogP contribution is 2.33. The third-order valence-electron chi connectivity index (χ3n) is 5.26. The fourth-order valence-electron chi connectivity index (χ4n) is 3.84. The van der Waals surface area contributed by atoms with Crippen LogP contribution in [-0.2, 0) is 16.1 Å². The molecule has 2 aromatic heterocycles. The maximum atomic E-state index is 12.7. The zero-order chi connectivity index (χ0) is 22.6. The highest BCUT2D eigenvalue weighted by Gasteiger charge is 2.45. The Kier molecular flexibility index (Phi) is 6.94. The van der Waals surface area contributed by atoms with E-state index in [9.17, 15) is 22.8 Å². The van der Waals surface area contributed by atoms with Crippen molar-refractivity contribution < 1.29 is 32.7 Å². The second-order valence-corrected chi connectivity index (χ2v) is 7.93. The van der Waals surface area contributed by atoms with Gasteiger partial charge in [0, 0.05) is 37.3 Å². The molecule has 31 heavy (non-hydrogen) atoms. The number of rotatable bonds is 3. The van der Waals surface area contributed by atoms with E-state index in [-0.39, 0.29) is 23.9 Å². The van der Waals surface area contributed by atoms with E-state index in [1.807, 2.05) is 38.8 Å². The van der Waals surface area contributed by atoms with Gasteiger partial charge in [-0.2, -0.15) is 24.5 Å². The van der Waals surface area contributed by atoms with Crippen LogP contribution >= 0.6 is 11.3 Å². The van der Waals surface area contributed by atoms with Crippen LogP contribution in [0.25, 0.3) is 0 Å². The van der Waals surface area contributed by atoms with Gasteiger partial charge in [0.15, 0.2) is 0 Å². The summed E-state index contributed by atoms with van der Waals surface area (Å²) in [4.78, 5) is 42.0. The topological polar surface area (TPSA) is 90.8 Å². The number of pyridine rings is 1. The Morgan fingerprint density at radius 2 is 1.84 bits per heavy atom. The minimum absolute atomic E-state index is 0.0990. The second-order valence-electron chi connectivity index (χ2n) is 7.15. The van der Waals surface area contributed by atoms with E-state index in [0.29, 0.717) is 13.0 Å². The molecule has 11 heteroatoms. The largest absolute Gasteiger partial charge is 0.490 e. The predicted molar refractivity (Wildman–Crippen MR) is 105 cm³/mol. The SMILES string of the molecule is O=C(O)C(F)(F)F.O=C1CC[C@@H]2[C@@H](CCN2C(=O)c2ccsc2)N1Cc1ccncc1. The van der Waals surface area contributed by atoms with Crippen LogP contribution in [0.4, 0.5) is 13.2 Å².